The summed E-state index contributed by atoms with van der Waals surface area (Å²) in [6.45, 7) is 1.66. The first kappa shape index (κ1) is 34.5. The van der Waals surface area contributed by atoms with Gasteiger partial charge in [0.05, 0.1) is 17.7 Å². The number of unbranched alkanes of at least 4 members (excludes halogenated alkanes) is 1. The van der Waals surface area contributed by atoms with Crippen molar-refractivity contribution >= 4 is 39.1 Å². The third-order valence-electron chi connectivity index (χ3n) is 7.39. The molecule has 0 aliphatic heterocycles. The van der Waals surface area contributed by atoms with Crippen molar-refractivity contribution < 1.29 is 27.1 Å². The summed E-state index contributed by atoms with van der Waals surface area (Å²) in [5.74, 6) is -1.31. The number of rotatable bonds is 15. The van der Waals surface area contributed by atoms with Gasteiger partial charge >= 0.3 is 0 Å². The molecule has 4 aromatic carbocycles. The number of halogens is 2. The Kier molecular flexibility index (Phi) is 12.2. The quantitative estimate of drug-likeness (QED) is 0.152. The Bertz CT molecular complexity index is 1710. The van der Waals surface area contributed by atoms with Gasteiger partial charge in [-0.25, -0.2) is 12.8 Å². The van der Waals surface area contributed by atoms with Crippen molar-refractivity contribution in [1.29, 1.82) is 0 Å². The number of carbonyl (C=O) groups is 2. The average molecular weight is 666 g/mol. The summed E-state index contributed by atoms with van der Waals surface area (Å²) in [5.41, 5.74) is 1.42. The number of methoxy groups -OCH3 is 1. The fourth-order valence-electron chi connectivity index (χ4n) is 4.94. The van der Waals surface area contributed by atoms with E-state index in [1.165, 1.54) is 60.5 Å². The lowest BCUT2D eigenvalue weighted by atomic mass is 10.0. The van der Waals surface area contributed by atoms with Crippen LogP contribution in [0.3, 0.4) is 0 Å². The van der Waals surface area contributed by atoms with E-state index in [4.69, 9.17) is 16.3 Å². The van der Waals surface area contributed by atoms with E-state index in [0.717, 1.165) is 22.7 Å². The fourth-order valence-corrected chi connectivity index (χ4v) is 6.54. The van der Waals surface area contributed by atoms with Crippen LogP contribution in [0.5, 0.6) is 5.75 Å². The van der Waals surface area contributed by atoms with Crippen molar-refractivity contribution in [3.05, 3.63) is 125 Å². The highest BCUT2D eigenvalue weighted by molar-refractivity contribution is 7.92. The molecule has 1 N–H and O–H groups in total. The van der Waals surface area contributed by atoms with E-state index in [2.05, 4.69) is 5.32 Å². The third-order valence-corrected chi connectivity index (χ3v) is 9.40. The van der Waals surface area contributed by atoms with Crippen molar-refractivity contribution in [2.45, 2.75) is 43.7 Å². The highest BCUT2D eigenvalue weighted by atomic mass is 35.5. The van der Waals surface area contributed by atoms with Crippen LogP contribution in [-0.4, -0.2) is 51.4 Å². The minimum atomic E-state index is -4.34. The van der Waals surface area contributed by atoms with Gasteiger partial charge in [-0.2, -0.15) is 0 Å². The molecule has 0 aliphatic carbocycles. The molecule has 242 valence electrons. The number of hydrogen-bond acceptors (Lipinski definition) is 5. The van der Waals surface area contributed by atoms with Crippen molar-refractivity contribution in [3.63, 3.8) is 0 Å². The number of anilines is 1. The van der Waals surface area contributed by atoms with Crippen LogP contribution in [0.25, 0.3) is 0 Å². The molecule has 0 unspecified atom stereocenters. The predicted molar refractivity (Wildman–Crippen MR) is 178 cm³/mol. The molecule has 46 heavy (non-hydrogen) atoms. The SMILES string of the molecule is CCCCNC(=O)[C@H](Cc1ccccc1)N(Cc1ccc(F)cc1)C(=O)CN(c1cc(Cl)ccc1OC)S(=O)(=O)c1ccccc1. The standard InChI is InChI=1S/C35H37ClFN3O5S/c1-3-4-21-38-35(42)32(22-26-11-7-5-8-12-26)39(24-27-15-18-29(37)19-16-27)34(41)25-40(31-23-28(36)17-20-33(31)45-2)46(43,44)30-13-9-6-10-14-30/h5-20,23,32H,3-4,21-22,24-25H2,1-2H3,(H,38,42)/t32-/m0/s1. The first-order chi connectivity index (χ1) is 22.1. The fraction of sp³-hybridized carbons (Fsp3) is 0.257. The van der Waals surface area contributed by atoms with E-state index in [9.17, 15) is 22.4 Å². The summed E-state index contributed by atoms with van der Waals surface area (Å²) in [6.07, 6.45) is 1.76. The Balaban J connectivity index is 1.82. The second-order valence-electron chi connectivity index (χ2n) is 10.6. The van der Waals surface area contributed by atoms with Crippen LogP contribution in [-0.2, 0) is 32.6 Å². The Morgan fingerprint density at radius 1 is 0.913 bits per heavy atom. The zero-order valence-corrected chi connectivity index (χ0v) is 27.3. The molecule has 4 rings (SSSR count). The van der Waals surface area contributed by atoms with Gasteiger partial charge in [-0.05, 0) is 60.0 Å². The maximum Gasteiger partial charge on any atom is 0.264 e. The summed E-state index contributed by atoms with van der Waals surface area (Å²) in [5, 5.41) is 3.17. The topological polar surface area (TPSA) is 96.0 Å². The lowest BCUT2D eigenvalue weighted by Gasteiger charge is -2.34. The van der Waals surface area contributed by atoms with Gasteiger partial charge in [0.25, 0.3) is 10.0 Å². The van der Waals surface area contributed by atoms with E-state index in [-0.39, 0.29) is 40.2 Å². The smallest absolute Gasteiger partial charge is 0.264 e. The van der Waals surface area contributed by atoms with Crippen molar-refractivity contribution in [2.24, 2.45) is 0 Å². The van der Waals surface area contributed by atoms with Crippen molar-refractivity contribution in [3.8, 4) is 5.75 Å². The Morgan fingerprint density at radius 2 is 1.57 bits per heavy atom. The third kappa shape index (κ3) is 8.86. The van der Waals surface area contributed by atoms with E-state index >= 15 is 0 Å². The molecule has 0 spiro atoms. The average Bonchev–Trinajstić information content (AvgIpc) is 3.06. The lowest BCUT2D eigenvalue weighted by molar-refractivity contribution is -0.140. The minimum Gasteiger partial charge on any atom is -0.495 e. The number of carbonyl (C=O) groups excluding carboxylic acids is 2. The molecular formula is C35H37ClFN3O5S. The molecule has 0 saturated heterocycles. The van der Waals surface area contributed by atoms with Crippen LogP contribution in [0.1, 0.15) is 30.9 Å². The van der Waals surface area contributed by atoms with Gasteiger partial charge in [0.2, 0.25) is 11.8 Å². The molecular weight excluding hydrogens is 629 g/mol. The zero-order valence-electron chi connectivity index (χ0n) is 25.7. The molecule has 8 nitrogen and oxygen atoms in total. The molecule has 0 bridgehead atoms. The lowest BCUT2D eigenvalue weighted by Crippen LogP contribution is -2.53. The van der Waals surface area contributed by atoms with Crippen LogP contribution in [0, 0.1) is 5.82 Å². The second-order valence-corrected chi connectivity index (χ2v) is 12.9. The number of nitrogens with zero attached hydrogens (tertiary/aromatic N) is 2. The molecule has 0 fully saturated rings. The van der Waals surface area contributed by atoms with E-state index in [1.807, 2.05) is 37.3 Å². The highest BCUT2D eigenvalue weighted by Crippen LogP contribution is 2.35. The monoisotopic (exact) mass is 665 g/mol. The van der Waals surface area contributed by atoms with Crippen LogP contribution in [0.15, 0.2) is 108 Å². The maximum atomic E-state index is 14.5. The molecule has 1 atom stereocenters. The Labute approximate surface area is 274 Å². The number of amides is 2. The number of benzene rings is 4. The summed E-state index contributed by atoms with van der Waals surface area (Å²) >= 11 is 6.32. The first-order valence-corrected chi connectivity index (χ1v) is 16.7. The van der Waals surface area contributed by atoms with Crippen LogP contribution < -0.4 is 14.4 Å². The van der Waals surface area contributed by atoms with E-state index < -0.39 is 34.3 Å². The van der Waals surface area contributed by atoms with Crippen LogP contribution in [0.2, 0.25) is 5.02 Å². The van der Waals surface area contributed by atoms with Gasteiger partial charge in [-0.3, -0.25) is 13.9 Å². The summed E-state index contributed by atoms with van der Waals surface area (Å²) < 4.78 is 48.6. The number of ether oxygens (including phenoxy) is 1. The predicted octanol–water partition coefficient (Wildman–Crippen LogP) is 6.24. The van der Waals surface area contributed by atoms with Gasteiger partial charge in [0.15, 0.2) is 0 Å². The van der Waals surface area contributed by atoms with Crippen LogP contribution >= 0.6 is 11.6 Å². The van der Waals surface area contributed by atoms with E-state index in [0.29, 0.717) is 12.1 Å². The summed E-state index contributed by atoms with van der Waals surface area (Å²) in [4.78, 5) is 29.6. The molecule has 0 aliphatic rings. The number of sulfonamides is 1. The molecule has 0 radical (unpaired) electrons. The van der Waals surface area contributed by atoms with Crippen LogP contribution in [0.4, 0.5) is 10.1 Å². The summed E-state index contributed by atoms with van der Waals surface area (Å²) in [7, 11) is -2.95. The largest absolute Gasteiger partial charge is 0.495 e. The molecule has 2 amide bonds. The molecule has 0 saturated carbocycles. The molecule has 0 aromatic heterocycles. The normalized spacial score (nSPS) is 11.8. The van der Waals surface area contributed by atoms with Crippen molar-refractivity contribution in [1.82, 2.24) is 10.2 Å². The minimum absolute atomic E-state index is 0.0481. The Morgan fingerprint density at radius 3 is 2.20 bits per heavy atom. The molecule has 11 heteroatoms. The van der Waals surface area contributed by atoms with E-state index in [1.54, 1.807) is 24.3 Å². The van der Waals surface area contributed by atoms with Gasteiger partial charge in [0.1, 0.15) is 24.2 Å². The highest BCUT2D eigenvalue weighted by Gasteiger charge is 2.35. The zero-order chi connectivity index (χ0) is 33.1. The number of hydrogen-bond donors (Lipinski definition) is 1. The molecule has 4 aromatic rings. The molecule has 0 heterocycles. The van der Waals surface area contributed by atoms with Gasteiger partial charge < -0.3 is 15.0 Å². The van der Waals surface area contributed by atoms with Gasteiger partial charge in [-0.1, -0.05) is 85.6 Å². The van der Waals surface area contributed by atoms with Crippen molar-refractivity contribution in [2.75, 3.05) is 24.5 Å². The summed E-state index contributed by atoms with van der Waals surface area (Å²) in [6, 6.07) is 26.0. The maximum absolute atomic E-state index is 14.5. The Hall–Kier alpha value is -4.41. The number of nitrogens with one attached hydrogen (secondary N) is 1. The second kappa shape index (κ2) is 16.2. The first-order valence-electron chi connectivity index (χ1n) is 14.9. The van der Waals surface area contributed by atoms with Gasteiger partial charge in [-0.15, -0.1) is 0 Å². The van der Waals surface area contributed by atoms with Gasteiger partial charge in [0, 0.05) is 24.5 Å².